The van der Waals surface area contributed by atoms with Crippen LogP contribution in [0.4, 0.5) is 0 Å². The van der Waals surface area contributed by atoms with Gasteiger partial charge in [-0.05, 0) is 25.3 Å². The Kier molecular flexibility index (Phi) is 4.00. The molecule has 3 heterocycles. The number of H-pyrrole nitrogens is 1. The number of hydrogen-bond donors (Lipinski definition) is 2. The number of aromatic nitrogens is 2. The fourth-order valence-corrected chi connectivity index (χ4v) is 5.91. The van der Waals surface area contributed by atoms with Crippen LogP contribution in [0.3, 0.4) is 0 Å². The van der Waals surface area contributed by atoms with Crippen LogP contribution in [0.1, 0.15) is 36.2 Å². The maximum absolute atomic E-state index is 12.5. The van der Waals surface area contributed by atoms with Gasteiger partial charge in [-0.25, -0.2) is 0 Å². The van der Waals surface area contributed by atoms with E-state index in [1.807, 2.05) is 6.07 Å². The van der Waals surface area contributed by atoms with E-state index in [0.717, 1.165) is 29.6 Å². The van der Waals surface area contributed by atoms with Gasteiger partial charge in [0.05, 0.1) is 12.8 Å². The maximum atomic E-state index is 12.5. The minimum absolute atomic E-state index is 0.0547. The monoisotopic (exact) mass is 361 g/mol. The van der Waals surface area contributed by atoms with Gasteiger partial charge in [0, 0.05) is 6.04 Å². The molecule has 1 saturated carbocycles. The zero-order valence-corrected chi connectivity index (χ0v) is 15.9. The molecule has 1 amide bonds. The van der Waals surface area contributed by atoms with Gasteiger partial charge in [0.2, 0.25) is 0 Å². The summed E-state index contributed by atoms with van der Waals surface area (Å²) in [6.07, 6.45) is 6.98. The molecule has 1 atom stereocenters. The molecule has 0 aromatic carbocycles. The number of hydrogen-bond acceptors (Lipinski definition) is 4. The van der Waals surface area contributed by atoms with E-state index in [9.17, 15) is 4.79 Å². The van der Waals surface area contributed by atoms with Crippen molar-refractivity contribution >= 4 is 35.7 Å². The average Bonchev–Trinajstić information content (AvgIpc) is 3.15. The highest BCUT2D eigenvalue weighted by molar-refractivity contribution is 7.20. The van der Waals surface area contributed by atoms with Crippen molar-refractivity contribution in [1.29, 1.82) is 0 Å². The van der Waals surface area contributed by atoms with Gasteiger partial charge in [-0.3, -0.25) is 4.79 Å². The number of nitrogens with zero attached hydrogens (tertiary/aromatic N) is 1. The third-order valence-corrected chi connectivity index (χ3v) is 8.26. The molecule has 0 bridgehead atoms. The molecular weight excluding hydrogens is 338 g/mol. The second-order valence-corrected chi connectivity index (χ2v) is 13.3. The molecule has 128 valence electrons. The summed E-state index contributed by atoms with van der Waals surface area (Å²) in [7, 11) is -1.21. The highest BCUT2D eigenvalue weighted by atomic mass is 32.1. The van der Waals surface area contributed by atoms with Crippen LogP contribution >= 0.6 is 11.3 Å². The summed E-state index contributed by atoms with van der Waals surface area (Å²) >= 11 is 1.50. The van der Waals surface area contributed by atoms with E-state index >= 15 is 0 Å². The van der Waals surface area contributed by atoms with Gasteiger partial charge in [-0.15, -0.1) is 0 Å². The van der Waals surface area contributed by atoms with Crippen molar-refractivity contribution < 1.29 is 9.53 Å². The Bertz CT molecular complexity index is 759. The molecule has 2 aromatic rings. The summed E-state index contributed by atoms with van der Waals surface area (Å²) in [4.78, 5) is 20.1. The first-order valence-corrected chi connectivity index (χ1v) is 12.8. The van der Waals surface area contributed by atoms with Gasteiger partial charge >= 0.3 is 0 Å². The number of nitrogens with one attached hydrogen (secondary N) is 2. The van der Waals surface area contributed by atoms with Gasteiger partial charge < -0.3 is 15.0 Å². The molecule has 7 heteroatoms. The molecule has 2 aliphatic rings. The minimum Gasteiger partial charge on any atom is -0.467 e. The van der Waals surface area contributed by atoms with Crippen LogP contribution in [0.5, 0.6) is 5.19 Å². The molecule has 1 fully saturated rings. The predicted octanol–water partition coefficient (Wildman–Crippen LogP) is 3.86. The van der Waals surface area contributed by atoms with Crippen molar-refractivity contribution in [3.8, 4) is 5.19 Å². The zero-order valence-electron chi connectivity index (χ0n) is 14.1. The summed E-state index contributed by atoms with van der Waals surface area (Å²) in [6, 6.07) is 3.30. The quantitative estimate of drug-likeness (QED) is 0.813. The molecule has 5 nitrogen and oxygen atoms in total. The number of rotatable bonds is 4. The largest absolute Gasteiger partial charge is 0.467 e. The molecule has 2 aromatic heterocycles. The number of carbonyl (C=O) groups excluding carboxylic acids is 1. The number of amides is 1. The predicted molar refractivity (Wildman–Crippen MR) is 99.5 cm³/mol. The van der Waals surface area contributed by atoms with Crippen LogP contribution in [0, 0.1) is 0 Å². The molecule has 0 saturated heterocycles. The van der Waals surface area contributed by atoms with Gasteiger partial charge in [0.15, 0.2) is 5.65 Å². The van der Waals surface area contributed by atoms with Crippen molar-refractivity contribution in [3.63, 3.8) is 0 Å². The van der Waals surface area contributed by atoms with E-state index in [1.54, 1.807) is 0 Å². The Hall–Kier alpha value is -1.60. The first kappa shape index (κ1) is 15.9. The third kappa shape index (κ3) is 3.56. The fourth-order valence-electron chi connectivity index (χ4n) is 3.00. The Balaban J connectivity index is 1.43. The van der Waals surface area contributed by atoms with E-state index < -0.39 is 8.07 Å². The van der Waals surface area contributed by atoms with Crippen LogP contribution in [-0.2, 0) is 0 Å². The molecule has 0 radical (unpaired) electrons. The maximum Gasteiger partial charge on any atom is 0.276 e. The number of carbonyl (C=O) groups is 1. The number of thiazole rings is 1. The van der Waals surface area contributed by atoms with Crippen molar-refractivity contribution in [1.82, 2.24) is 15.3 Å². The highest BCUT2D eigenvalue weighted by Gasteiger charge is 2.26. The molecule has 0 spiro atoms. The smallest absolute Gasteiger partial charge is 0.276 e. The molecule has 1 unspecified atom stereocenters. The lowest BCUT2D eigenvalue weighted by molar-refractivity contribution is 0.0938. The Labute approximate surface area is 146 Å². The third-order valence-electron chi connectivity index (χ3n) is 4.63. The SMILES string of the molecule is C[Si]1(C)C=CC(NC(=O)c2cc3sc(OC4CC4)nc3[nH]2)CCC1. The molecule has 4 rings (SSSR count). The Morgan fingerprint density at radius 2 is 2.25 bits per heavy atom. The van der Waals surface area contributed by atoms with Crippen molar-refractivity contribution in [2.75, 3.05) is 0 Å². The lowest BCUT2D eigenvalue weighted by Gasteiger charge is -2.14. The lowest BCUT2D eigenvalue weighted by atomic mass is 10.1. The van der Waals surface area contributed by atoms with Crippen LogP contribution in [0.15, 0.2) is 17.8 Å². The van der Waals surface area contributed by atoms with Crippen molar-refractivity contribution in [2.24, 2.45) is 0 Å². The molecule has 1 aliphatic heterocycles. The summed E-state index contributed by atoms with van der Waals surface area (Å²) in [5.41, 5.74) is 3.68. The lowest BCUT2D eigenvalue weighted by Crippen LogP contribution is -2.33. The van der Waals surface area contributed by atoms with E-state index in [4.69, 9.17) is 4.74 Å². The van der Waals surface area contributed by atoms with E-state index in [1.165, 1.54) is 23.8 Å². The highest BCUT2D eigenvalue weighted by Crippen LogP contribution is 2.33. The van der Waals surface area contributed by atoms with Crippen molar-refractivity contribution in [3.05, 3.63) is 23.5 Å². The number of aromatic amines is 1. The second kappa shape index (κ2) is 6.04. The van der Waals surface area contributed by atoms with Gasteiger partial charge in [-0.1, -0.05) is 48.7 Å². The number of fused-ring (bicyclic) bond motifs is 1. The Morgan fingerprint density at radius 1 is 1.42 bits per heavy atom. The van der Waals surface area contributed by atoms with Gasteiger partial charge in [0.25, 0.3) is 11.1 Å². The van der Waals surface area contributed by atoms with Crippen LogP contribution in [0.2, 0.25) is 19.1 Å². The summed E-state index contributed by atoms with van der Waals surface area (Å²) < 4.78 is 6.68. The average molecular weight is 362 g/mol. The molecule has 2 N–H and O–H groups in total. The van der Waals surface area contributed by atoms with Crippen LogP contribution in [-0.4, -0.2) is 36.1 Å². The number of ether oxygens (including phenoxy) is 1. The topological polar surface area (TPSA) is 67.0 Å². The van der Waals surface area contributed by atoms with Gasteiger partial charge in [-0.2, -0.15) is 4.98 Å². The summed E-state index contributed by atoms with van der Waals surface area (Å²) in [5, 5.41) is 3.83. The Morgan fingerprint density at radius 3 is 3.00 bits per heavy atom. The summed E-state index contributed by atoms with van der Waals surface area (Å²) in [6.45, 7) is 4.75. The molecule has 24 heavy (non-hydrogen) atoms. The fraction of sp³-hybridized carbons (Fsp3) is 0.529. The minimum atomic E-state index is -1.21. The zero-order chi connectivity index (χ0) is 16.7. The first-order chi connectivity index (χ1) is 11.5. The second-order valence-electron chi connectivity index (χ2n) is 7.51. The van der Waals surface area contributed by atoms with E-state index in [2.05, 4.69) is 40.2 Å². The summed E-state index contributed by atoms with van der Waals surface area (Å²) in [5.74, 6) is -0.0547. The molecular formula is C17H23N3O2SSi. The standard InChI is InChI=1S/C17H23N3O2SSi/c1-24(2)8-3-4-11(7-9-24)18-16(21)13-10-14-15(19-13)20-17(23-14)22-12-5-6-12/h7,9-12,19H,3-6,8H2,1-2H3,(H,18,21). The van der Waals surface area contributed by atoms with E-state index in [0.29, 0.717) is 17.0 Å². The normalized spacial score (nSPS) is 23.2. The first-order valence-electron chi connectivity index (χ1n) is 8.65. The molecule has 1 aliphatic carbocycles. The van der Waals surface area contributed by atoms with Crippen LogP contribution < -0.4 is 10.1 Å². The van der Waals surface area contributed by atoms with Gasteiger partial charge in [0.1, 0.15) is 11.8 Å². The van der Waals surface area contributed by atoms with Crippen molar-refractivity contribution in [2.45, 2.75) is 57.0 Å². The van der Waals surface area contributed by atoms with E-state index in [-0.39, 0.29) is 11.9 Å². The van der Waals surface area contributed by atoms with Crippen LogP contribution in [0.25, 0.3) is 10.3 Å².